The van der Waals surface area contributed by atoms with Gasteiger partial charge in [0.25, 0.3) is 11.8 Å². The molecule has 2 amide bonds. The van der Waals surface area contributed by atoms with E-state index < -0.39 is 7.12 Å². The summed E-state index contributed by atoms with van der Waals surface area (Å²) in [5, 5.41) is 1.59. The maximum absolute atomic E-state index is 13.8. The van der Waals surface area contributed by atoms with E-state index in [1.54, 1.807) is 0 Å². The van der Waals surface area contributed by atoms with E-state index in [-0.39, 0.29) is 23.8 Å². The van der Waals surface area contributed by atoms with Gasteiger partial charge in [0.2, 0.25) is 0 Å². The van der Waals surface area contributed by atoms with Gasteiger partial charge < -0.3 is 14.2 Å². The molecule has 0 spiro atoms. The lowest BCUT2D eigenvalue weighted by Crippen LogP contribution is -2.49. The Hall–Kier alpha value is -4.72. The van der Waals surface area contributed by atoms with Gasteiger partial charge in [-0.25, -0.2) is 0 Å². The summed E-state index contributed by atoms with van der Waals surface area (Å²) in [6, 6.07) is 37.9. The first kappa shape index (κ1) is 29.0. The standard InChI is InChI=1S/C38H35BN2O4/c1-38(2)25-44-39(45-26-38)33-19-10-9-16-29(33)24-40(22-27-12-5-3-6-13-27)34-21-20-32-35-30(34)17-11-18-31(35)36(42)41(37(32)43)23-28-14-7-4-8-15-28/h3-21H,22-26H2,1-2H3. The molecule has 5 aromatic rings. The van der Waals surface area contributed by atoms with Crippen molar-refractivity contribution in [1.82, 2.24) is 4.90 Å². The third kappa shape index (κ3) is 5.77. The van der Waals surface area contributed by atoms with Crippen molar-refractivity contribution in [1.29, 1.82) is 0 Å². The Morgan fingerprint density at radius 2 is 1.31 bits per heavy atom. The lowest BCUT2D eigenvalue weighted by Gasteiger charge is -2.34. The highest BCUT2D eigenvalue weighted by Crippen LogP contribution is 2.37. The molecule has 1 saturated heterocycles. The van der Waals surface area contributed by atoms with Crippen molar-refractivity contribution in [2.75, 3.05) is 18.1 Å². The van der Waals surface area contributed by atoms with Crippen LogP contribution in [0.2, 0.25) is 0 Å². The number of carbonyl (C=O) groups excluding carboxylic acids is 2. The highest BCUT2D eigenvalue weighted by atomic mass is 16.6. The fourth-order valence-electron chi connectivity index (χ4n) is 6.33. The second kappa shape index (κ2) is 12.0. The quantitative estimate of drug-likeness (QED) is 0.150. The van der Waals surface area contributed by atoms with Gasteiger partial charge in [-0.1, -0.05) is 111 Å². The molecule has 0 aliphatic carbocycles. The molecular weight excluding hydrogens is 559 g/mol. The minimum Gasteiger partial charge on any atom is -0.407 e. The average Bonchev–Trinajstić information content (AvgIpc) is 3.06. The molecule has 0 unspecified atom stereocenters. The van der Waals surface area contributed by atoms with Gasteiger partial charge in [-0.2, -0.15) is 0 Å². The minimum atomic E-state index is -0.435. The number of amides is 2. The average molecular weight is 595 g/mol. The zero-order valence-electron chi connectivity index (χ0n) is 25.6. The van der Waals surface area contributed by atoms with Crippen LogP contribution in [0.5, 0.6) is 0 Å². The molecule has 1 fully saturated rings. The third-order valence-corrected chi connectivity index (χ3v) is 8.63. The molecule has 6 nitrogen and oxygen atoms in total. The van der Waals surface area contributed by atoms with Crippen molar-refractivity contribution in [3.05, 3.63) is 143 Å². The molecule has 2 heterocycles. The first-order valence-electron chi connectivity index (χ1n) is 15.4. The van der Waals surface area contributed by atoms with Gasteiger partial charge in [-0.05, 0) is 40.4 Å². The predicted molar refractivity (Wildman–Crippen MR) is 178 cm³/mol. The zero-order chi connectivity index (χ0) is 31.0. The number of imide groups is 1. The first-order chi connectivity index (χ1) is 21.9. The van der Waals surface area contributed by atoms with Crippen LogP contribution >= 0.6 is 0 Å². The molecule has 0 radical (unpaired) electrons. The van der Waals surface area contributed by atoms with E-state index in [2.05, 4.69) is 43.0 Å². The van der Waals surface area contributed by atoms with Crippen molar-refractivity contribution < 1.29 is 18.9 Å². The van der Waals surface area contributed by atoms with Crippen LogP contribution in [0, 0.1) is 5.41 Å². The van der Waals surface area contributed by atoms with Gasteiger partial charge >= 0.3 is 7.12 Å². The number of hydrogen-bond donors (Lipinski definition) is 0. The number of nitrogens with zero attached hydrogens (tertiary/aromatic N) is 2. The van der Waals surface area contributed by atoms with E-state index in [9.17, 15) is 9.59 Å². The van der Waals surface area contributed by atoms with Crippen LogP contribution in [-0.4, -0.2) is 37.0 Å². The fourth-order valence-corrected chi connectivity index (χ4v) is 6.33. The smallest absolute Gasteiger partial charge is 0.407 e. The van der Waals surface area contributed by atoms with Crippen molar-refractivity contribution in [2.45, 2.75) is 33.5 Å². The van der Waals surface area contributed by atoms with Crippen molar-refractivity contribution in [3.63, 3.8) is 0 Å². The molecule has 0 aromatic heterocycles. The minimum absolute atomic E-state index is 0.0281. The monoisotopic (exact) mass is 594 g/mol. The summed E-state index contributed by atoms with van der Waals surface area (Å²) in [6.07, 6.45) is 0. The van der Waals surface area contributed by atoms with E-state index >= 15 is 0 Å². The predicted octanol–water partition coefficient (Wildman–Crippen LogP) is 6.61. The summed E-state index contributed by atoms with van der Waals surface area (Å²) in [4.78, 5) is 31.3. The van der Waals surface area contributed by atoms with Crippen LogP contribution < -0.4 is 10.4 Å². The third-order valence-electron chi connectivity index (χ3n) is 8.63. The van der Waals surface area contributed by atoms with E-state index in [4.69, 9.17) is 9.31 Å². The number of carbonyl (C=O) groups is 2. The van der Waals surface area contributed by atoms with Crippen molar-refractivity contribution in [3.8, 4) is 0 Å². The van der Waals surface area contributed by atoms with Gasteiger partial charge in [-0.15, -0.1) is 0 Å². The van der Waals surface area contributed by atoms with Crippen LogP contribution in [-0.2, 0) is 28.9 Å². The molecule has 0 saturated carbocycles. The molecule has 7 rings (SSSR count). The number of hydrogen-bond acceptors (Lipinski definition) is 5. The summed E-state index contributed by atoms with van der Waals surface area (Å²) < 4.78 is 12.4. The zero-order valence-corrected chi connectivity index (χ0v) is 25.6. The maximum atomic E-state index is 13.8. The second-order valence-electron chi connectivity index (χ2n) is 12.7. The Morgan fingerprint density at radius 3 is 2.02 bits per heavy atom. The second-order valence-corrected chi connectivity index (χ2v) is 12.7. The number of benzene rings is 5. The summed E-state index contributed by atoms with van der Waals surface area (Å²) in [5.74, 6) is -0.540. The van der Waals surface area contributed by atoms with E-state index in [0.29, 0.717) is 42.8 Å². The maximum Gasteiger partial charge on any atom is 0.494 e. The van der Waals surface area contributed by atoms with Gasteiger partial charge in [0.05, 0.1) is 6.54 Å². The Bertz CT molecular complexity index is 1840. The molecule has 0 bridgehead atoms. The summed E-state index contributed by atoms with van der Waals surface area (Å²) in [5.41, 5.74) is 6.20. The van der Waals surface area contributed by atoms with Crippen molar-refractivity contribution in [2.24, 2.45) is 5.41 Å². The molecule has 2 aliphatic rings. The van der Waals surface area contributed by atoms with E-state index in [1.165, 1.54) is 4.90 Å². The molecule has 5 aromatic carbocycles. The number of anilines is 1. The Morgan fingerprint density at radius 1 is 0.689 bits per heavy atom. The molecular formula is C38H35BN2O4. The molecule has 0 atom stereocenters. The Kier molecular flexibility index (Phi) is 7.74. The van der Waals surface area contributed by atoms with Crippen LogP contribution in [0.4, 0.5) is 5.69 Å². The van der Waals surface area contributed by atoms with Crippen LogP contribution in [0.25, 0.3) is 10.8 Å². The number of rotatable bonds is 8. The highest BCUT2D eigenvalue weighted by Gasteiger charge is 2.36. The van der Waals surface area contributed by atoms with Gasteiger partial charge in [0, 0.05) is 59.3 Å². The SMILES string of the molecule is CC1(C)COB(c2ccccc2CN(Cc2ccccc2)c2ccc3c4c(cccc24)C(=O)N(Cc2ccccc2)C3=O)OC1. The molecule has 0 N–H and O–H groups in total. The van der Waals surface area contributed by atoms with Crippen LogP contribution in [0.1, 0.15) is 51.3 Å². The van der Waals surface area contributed by atoms with Gasteiger partial charge in [0.15, 0.2) is 0 Å². The van der Waals surface area contributed by atoms with E-state index in [1.807, 2.05) is 91.0 Å². The molecule has 45 heavy (non-hydrogen) atoms. The van der Waals surface area contributed by atoms with Crippen LogP contribution in [0.15, 0.2) is 115 Å². The summed E-state index contributed by atoms with van der Waals surface area (Å²) in [7, 11) is -0.435. The topological polar surface area (TPSA) is 59.1 Å². The van der Waals surface area contributed by atoms with Gasteiger partial charge in [-0.3, -0.25) is 14.5 Å². The summed E-state index contributed by atoms with van der Waals surface area (Å²) in [6.45, 7) is 6.98. The van der Waals surface area contributed by atoms with E-state index in [0.717, 1.165) is 33.2 Å². The Balaban J connectivity index is 1.29. The summed E-state index contributed by atoms with van der Waals surface area (Å²) >= 11 is 0. The van der Waals surface area contributed by atoms with Crippen molar-refractivity contribution >= 4 is 40.9 Å². The lowest BCUT2D eigenvalue weighted by atomic mass is 9.73. The highest BCUT2D eigenvalue weighted by molar-refractivity contribution is 6.62. The normalized spacial score (nSPS) is 15.9. The first-order valence-corrected chi connectivity index (χ1v) is 15.4. The molecule has 2 aliphatic heterocycles. The molecule has 7 heteroatoms. The largest absolute Gasteiger partial charge is 0.494 e. The lowest BCUT2D eigenvalue weighted by molar-refractivity contribution is 0.0342. The van der Waals surface area contributed by atoms with Gasteiger partial charge in [0.1, 0.15) is 0 Å². The molecule has 224 valence electrons. The van der Waals surface area contributed by atoms with Crippen LogP contribution in [0.3, 0.4) is 0 Å². The Labute approximate surface area is 264 Å². The fraction of sp³-hybridized carbons (Fsp3) is 0.211.